The lowest BCUT2D eigenvalue weighted by atomic mass is 9.94. The molecule has 0 amide bonds. The van der Waals surface area contributed by atoms with Crippen LogP contribution in [0.15, 0.2) is 24.3 Å². The molecule has 0 aromatic heterocycles. The molecule has 18 heavy (non-hydrogen) atoms. The molecule has 2 nitrogen and oxygen atoms in total. The predicted octanol–water partition coefficient (Wildman–Crippen LogP) is 3.34. The van der Waals surface area contributed by atoms with E-state index >= 15 is 0 Å². The summed E-state index contributed by atoms with van der Waals surface area (Å²) in [6.07, 6.45) is 15.7. The molecule has 4 aliphatic rings. The Balaban J connectivity index is 0.000000122. The van der Waals surface area contributed by atoms with Gasteiger partial charge in [0.05, 0.1) is 13.0 Å². The van der Waals surface area contributed by atoms with E-state index in [1.54, 1.807) is 0 Å². The number of methoxy groups -OCH3 is 1. The van der Waals surface area contributed by atoms with Gasteiger partial charge in [0, 0.05) is 0 Å². The Kier molecular flexibility index (Phi) is 3.27. The minimum atomic E-state index is -0.0261. The molecule has 4 aliphatic carbocycles. The fourth-order valence-electron chi connectivity index (χ4n) is 3.92. The quantitative estimate of drug-likeness (QED) is 0.524. The number of hydrogen-bond donors (Lipinski definition) is 0. The largest absolute Gasteiger partial charge is 0.469 e. The summed E-state index contributed by atoms with van der Waals surface area (Å²) in [6, 6.07) is 0. The average Bonchev–Trinajstić information content (AvgIpc) is 3.17. The molecule has 5 atom stereocenters. The molecule has 0 aliphatic heterocycles. The van der Waals surface area contributed by atoms with Crippen molar-refractivity contribution in [3.63, 3.8) is 0 Å². The molecule has 0 aromatic rings. The Hall–Kier alpha value is -1.05. The predicted molar refractivity (Wildman–Crippen MR) is 70.8 cm³/mol. The van der Waals surface area contributed by atoms with E-state index in [-0.39, 0.29) is 11.9 Å². The highest BCUT2D eigenvalue weighted by Crippen LogP contribution is 2.43. The summed E-state index contributed by atoms with van der Waals surface area (Å²) in [6.45, 7) is 0. The van der Waals surface area contributed by atoms with Gasteiger partial charge in [-0.05, 0) is 55.8 Å². The van der Waals surface area contributed by atoms with E-state index in [9.17, 15) is 4.79 Å². The Labute approximate surface area is 109 Å². The maximum absolute atomic E-state index is 11.1. The third-order valence-electron chi connectivity index (χ3n) is 4.95. The van der Waals surface area contributed by atoms with E-state index in [1.807, 2.05) is 0 Å². The summed E-state index contributed by atoms with van der Waals surface area (Å²) < 4.78 is 4.71. The minimum absolute atomic E-state index is 0.0261. The third-order valence-corrected chi connectivity index (χ3v) is 4.95. The molecule has 0 aromatic carbocycles. The summed E-state index contributed by atoms with van der Waals surface area (Å²) in [5, 5.41) is 0. The molecule has 0 spiro atoms. The molecule has 5 unspecified atom stereocenters. The van der Waals surface area contributed by atoms with Crippen molar-refractivity contribution < 1.29 is 9.53 Å². The van der Waals surface area contributed by atoms with Crippen molar-refractivity contribution in [3.05, 3.63) is 24.3 Å². The minimum Gasteiger partial charge on any atom is -0.469 e. The lowest BCUT2D eigenvalue weighted by molar-refractivity contribution is -0.146. The zero-order chi connectivity index (χ0) is 12.5. The van der Waals surface area contributed by atoms with Gasteiger partial charge < -0.3 is 4.74 Å². The lowest BCUT2D eigenvalue weighted by Gasteiger charge is -2.14. The van der Waals surface area contributed by atoms with Crippen LogP contribution in [0.5, 0.6) is 0 Å². The molecule has 2 fully saturated rings. The first-order chi connectivity index (χ1) is 8.76. The second-order valence-corrected chi connectivity index (χ2v) is 6.13. The number of ether oxygens (including phenoxy) is 1. The Morgan fingerprint density at radius 1 is 0.944 bits per heavy atom. The Morgan fingerprint density at radius 3 is 1.94 bits per heavy atom. The van der Waals surface area contributed by atoms with Gasteiger partial charge in [0.25, 0.3) is 0 Å². The molecule has 0 N–H and O–H groups in total. The summed E-state index contributed by atoms with van der Waals surface area (Å²) in [4.78, 5) is 11.1. The summed E-state index contributed by atoms with van der Waals surface area (Å²) in [7, 11) is 1.47. The van der Waals surface area contributed by atoms with E-state index in [1.165, 1.54) is 32.8 Å². The van der Waals surface area contributed by atoms with Gasteiger partial charge in [-0.2, -0.15) is 0 Å². The highest BCUT2D eigenvalue weighted by atomic mass is 16.5. The fourth-order valence-corrected chi connectivity index (χ4v) is 3.92. The Morgan fingerprint density at radius 2 is 1.61 bits per heavy atom. The second kappa shape index (κ2) is 4.91. The zero-order valence-corrected chi connectivity index (χ0v) is 11.0. The van der Waals surface area contributed by atoms with Crippen LogP contribution < -0.4 is 0 Å². The van der Waals surface area contributed by atoms with Crippen LogP contribution in [-0.2, 0) is 9.53 Å². The van der Waals surface area contributed by atoms with Crippen molar-refractivity contribution in [3.8, 4) is 0 Å². The van der Waals surface area contributed by atoms with Crippen LogP contribution >= 0.6 is 0 Å². The highest BCUT2D eigenvalue weighted by Gasteiger charge is 2.40. The van der Waals surface area contributed by atoms with E-state index in [4.69, 9.17) is 4.74 Å². The lowest BCUT2D eigenvalue weighted by Crippen LogP contribution is -2.19. The van der Waals surface area contributed by atoms with Crippen molar-refractivity contribution in [2.75, 3.05) is 7.11 Å². The smallest absolute Gasteiger partial charge is 0.309 e. The number of allylic oxidation sites excluding steroid dienone is 4. The maximum Gasteiger partial charge on any atom is 0.309 e. The van der Waals surface area contributed by atoms with Gasteiger partial charge in [0.1, 0.15) is 0 Å². The fraction of sp³-hybridized carbons (Fsp3) is 0.688. The van der Waals surface area contributed by atoms with Crippen molar-refractivity contribution in [1.29, 1.82) is 0 Å². The molecular formula is C16H22O2. The van der Waals surface area contributed by atoms with Crippen LogP contribution in [0.3, 0.4) is 0 Å². The van der Waals surface area contributed by atoms with Gasteiger partial charge in [-0.3, -0.25) is 4.79 Å². The first-order valence-corrected chi connectivity index (χ1v) is 7.20. The summed E-state index contributed by atoms with van der Waals surface area (Å²) in [5.74, 6) is 3.25. The summed E-state index contributed by atoms with van der Waals surface area (Å²) in [5.41, 5.74) is 0. The first-order valence-electron chi connectivity index (χ1n) is 7.20. The molecular weight excluding hydrogens is 224 g/mol. The van der Waals surface area contributed by atoms with Crippen molar-refractivity contribution in [2.24, 2.45) is 29.6 Å². The second-order valence-electron chi connectivity index (χ2n) is 6.13. The van der Waals surface area contributed by atoms with Crippen LogP contribution in [0, 0.1) is 29.6 Å². The molecule has 4 bridgehead atoms. The first kappa shape index (κ1) is 12.0. The van der Waals surface area contributed by atoms with Crippen molar-refractivity contribution >= 4 is 5.97 Å². The number of hydrogen-bond acceptors (Lipinski definition) is 2. The van der Waals surface area contributed by atoms with E-state index in [0.717, 1.165) is 18.3 Å². The van der Waals surface area contributed by atoms with Gasteiger partial charge in [-0.25, -0.2) is 0 Å². The van der Waals surface area contributed by atoms with Crippen molar-refractivity contribution in [1.82, 2.24) is 0 Å². The molecule has 2 saturated carbocycles. The number of carbonyl (C=O) groups excluding carboxylic acids is 1. The van der Waals surface area contributed by atoms with Crippen LogP contribution in [0.1, 0.15) is 32.1 Å². The zero-order valence-electron chi connectivity index (χ0n) is 11.0. The number of esters is 1. The third kappa shape index (κ3) is 2.25. The maximum atomic E-state index is 11.1. The Bertz CT molecular complexity index is 371. The average molecular weight is 246 g/mol. The monoisotopic (exact) mass is 246 g/mol. The molecule has 0 heterocycles. The normalized spacial score (nSPS) is 41.9. The standard InChI is InChI=1S/C9H12O2.C7H10/c1-11-9(10)8-5-6-2-3-7(8)4-6;1-2-7-4-3-6(1)5-7/h2-3,6-8H,4-5H2,1H3;1-2,6-7H,3-5H2. The molecule has 0 saturated heterocycles. The topological polar surface area (TPSA) is 26.3 Å². The SMILES string of the molecule is C1=CC2CCC1C2.COC(=O)C1CC2C=CC1C2. The van der Waals surface area contributed by atoms with Gasteiger partial charge in [0.2, 0.25) is 0 Å². The van der Waals surface area contributed by atoms with Gasteiger partial charge in [0.15, 0.2) is 0 Å². The van der Waals surface area contributed by atoms with E-state index in [0.29, 0.717) is 11.8 Å². The number of fused-ring (bicyclic) bond motifs is 4. The van der Waals surface area contributed by atoms with Crippen LogP contribution in [0.4, 0.5) is 0 Å². The number of rotatable bonds is 1. The molecule has 0 radical (unpaired) electrons. The van der Waals surface area contributed by atoms with E-state index in [2.05, 4.69) is 24.3 Å². The van der Waals surface area contributed by atoms with Crippen LogP contribution in [-0.4, -0.2) is 13.1 Å². The summed E-state index contributed by atoms with van der Waals surface area (Å²) >= 11 is 0. The molecule has 4 rings (SSSR count). The van der Waals surface area contributed by atoms with Gasteiger partial charge in [-0.1, -0.05) is 24.3 Å². The number of carbonyl (C=O) groups is 1. The van der Waals surface area contributed by atoms with Gasteiger partial charge in [-0.15, -0.1) is 0 Å². The van der Waals surface area contributed by atoms with Gasteiger partial charge >= 0.3 is 5.97 Å². The van der Waals surface area contributed by atoms with Crippen LogP contribution in [0.25, 0.3) is 0 Å². The van der Waals surface area contributed by atoms with E-state index < -0.39 is 0 Å². The molecule has 98 valence electrons. The highest BCUT2D eigenvalue weighted by molar-refractivity contribution is 5.73. The van der Waals surface area contributed by atoms with Crippen LogP contribution in [0.2, 0.25) is 0 Å². The van der Waals surface area contributed by atoms with Crippen molar-refractivity contribution in [2.45, 2.75) is 32.1 Å². The molecule has 2 heteroatoms.